The molecule has 4 heterocycles. The molecule has 0 aromatic rings. The summed E-state index contributed by atoms with van der Waals surface area (Å²) in [5.41, 5.74) is 12.6. The molecule has 0 aromatic carbocycles. The molecule has 13 heteroatoms. The van der Waals surface area contributed by atoms with Gasteiger partial charge >= 0.3 is 0 Å². The van der Waals surface area contributed by atoms with Gasteiger partial charge in [0.05, 0.1) is 23.4 Å². The minimum absolute atomic E-state index is 0.0152. The third-order valence-corrected chi connectivity index (χ3v) is 14.3. The summed E-state index contributed by atoms with van der Waals surface area (Å²) in [5.74, 6) is -0.855. The van der Waals surface area contributed by atoms with Crippen LogP contribution in [0.15, 0.2) is 0 Å². The van der Waals surface area contributed by atoms with Crippen LogP contribution in [-0.4, -0.2) is 130 Å². The van der Waals surface area contributed by atoms with Gasteiger partial charge in [0.15, 0.2) is 0 Å². The van der Waals surface area contributed by atoms with E-state index < -0.39 is 28.3 Å². The van der Waals surface area contributed by atoms with E-state index in [9.17, 15) is 13.2 Å². The van der Waals surface area contributed by atoms with E-state index in [4.69, 9.17) is 11.5 Å². The Bertz CT molecular complexity index is 1080. The molecule has 5 fully saturated rings. The van der Waals surface area contributed by atoms with E-state index >= 15 is 4.39 Å². The van der Waals surface area contributed by atoms with Gasteiger partial charge in [0, 0.05) is 51.4 Å². The molecule has 4 aliphatic heterocycles. The number of carbonyl (C=O) groups is 1. The van der Waals surface area contributed by atoms with Crippen LogP contribution in [0.4, 0.5) is 4.39 Å². The predicted octanol–water partition coefficient (Wildman–Crippen LogP) is 0.411. The number of piperazine rings is 1. The Balaban J connectivity index is 1.23. The number of nitrogens with zero attached hydrogens (tertiary/aromatic N) is 3. The maximum atomic E-state index is 15.0. The second-order valence-corrected chi connectivity index (χ2v) is 17.1. The van der Waals surface area contributed by atoms with Gasteiger partial charge in [-0.05, 0) is 82.5 Å². The third-order valence-electron chi connectivity index (χ3n) is 11.9. The second-order valence-electron chi connectivity index (χ2n) is 14.9. The number of fused-ring (bicyclic) bond motifs is 1. The molecule has 4 saturated heterocycles. The minimum atomic E-state index is -3.32. The molecule has 7 atom stereocenters. The summed E-state index contributed by atoms with van der Waals surface area (Å²) < 4.78 is 43.5. The Morgan fingerprint density at radius 3 is 2.43 bits per heavy atom. The Labute approximate surface area is 264 Å². The van der Waals surface area contributed by atoms with Crippen LogP contribution in [-0.2, 0) is 14.8 Å². The predicted molar refractivity (Wildman–Crippen MR) is 172 cm³/mol. The van der Waals surface area contributed by atoms with Crippen LogP contribution in [0.1, 0.15) is 71.6 Å². The summed E-state index contributed by atoms with van der Waals surface area (Å²) in [5, 5.41) is 9.83. The first-order valence-corrected chi connectivity index (χ1v) is 18.7. The number of alkyl halides is 1. The summed E-state index contributed by atoms with van der Waals surface area (Å²) in [6, 6.07) is -0.362. The first-order valence-electron chi connectivity index (χ1n) is 17.2. The number of unbranched alkanes of at least 4 members (excludes halogenated alkanes) is 1. The topological polar surface area (TPSA) is 149 Å². The van der Waals surface area contributed by atoms with Crippen LogP contribution < -0.4 is 27.4 Å². The van der Waals surface area contributed by atoms with E-state index in [-0.39, 0.29) is 46.7 Å². The van der Waals surface area contributed by atoms with Crippen molar-refractivity contribution in [2.45, 2.75) is 107 Å². The van der Waals surface area contributed by atoms with Gasteiger partial charge in [0.2, 0.25) is 15.9 Å². The number of amides is 1. The molecule has 11 nitrogen and oxygen atoms in total. The first kappa shape index (κ1) is 34.4. The van der Waals surface area contributed by atoms with Gasteiger partial charge in [0.25, 0.3) is 0 Å². The lowest BCUT2D eigenvalue weighted by Crippen LogP contribution is -2.66. The highest BCUT2D eigenvalue weighted by Gasteiger charge is 2.65. The molecule has 254 valence electrons. The van der Waals surface area contributed by atoms with Crippen LogP contribution in [0.5, 0.6) is 0 Å². The lowest BCUT2D eigenvalue weighted by molar-refractivity contribution is -0.128. The van der Waals surface area contributed by atoms with Crippen molar-refractivity contribution < 1.29 is 17.6 Å². The fraction of sp³-hybridized carbons (Fsp3) is 0.968. The average molecular weight is 643 g/mol. The van der Waals surface area contributed by atoms with Gasteiger partial charge in [-0.25, -0.2) is 12.8 Å². The van der Waals surface area contributed by atoms with Crippen molar-refractivity contribution >= 4 is 15.9 Å². The molecule has 5 rings (SSSR count). The molecular formula is C31H59FN8O3S. The van der Waals surface area contributed by atoms with E-state index in [1.165, 1.54) is 0 Å². The van der Waals surface area contributed by atoms with E-state index in [2.05, 4.69) is 39.6 Å². The van der Waals surface area contributed by atoms with Crippen molar-refractivity contribution in [2.75, 3.05) is 66.0 Å². The molecule has 1 aliphatic carbocycles. The van der Waals surface area contributed by atoms with Gasteiger partial charge in [0.1, 0.15) is 6.17 Å². The van der Waals surface area contributed by atoms with E-state index in [0.717, 1.165) is 58.2 Å². The zero-order valence-corrected chi connectivity index (χ0v) is 28.1. The Hall–Kier alpha value is -0.930. The van der Waals surface area contributed by atoms with Crippen LogP contribution in [0.2, 0.25) is 0 Å². The molecule has 0 radical (unpaired) electrons. The molecule has 0 bridgehead atoms. The lowest BCUT2D eigenvalue weighted by atomic mass is 9.76. The Morgan fingerprint density at radius 2 is 1.77 bits per heavy atom. The number of rotatable bonds is 10. The average Bonchev–Trinajstić information content (AvgIpc) is 3.54. The monoisotopic (exact) mass is 642 g/mol. The Morgan fingerprint density at radius 1 is 1.07 bits per heavy atom. The molecule has 0 spiro atoms. The molecular weight excluding hydrogens is 583 g/mol. The third kappa shape index (κ3) is 7.30. The molecule has 7 N–H and O–H groups in total. The smallest absolute Gasteiger partial charge is 0.227 e. The maximum absolute atomic E-state index is 15.0. The number of nitrogens with one attached hydrogen (secondary N) is 3. The van der Waals surface area contributed by atoms with E-state index in [1.54, 1.807) is 4.31 Å². The van der Waals surface area contributed by atoms with Gasteiger partial charge in [-0.3, -0.25) is 9.69 Å². The van der Waals surface area contributed by atoms with Gasteiger partial charge in [-0.2, -0.15) is 4.31 Å². The number of carbonyl (C=O) groups excluding carboxylic acids is 1. The van der Waals surface area contributed by atoms with Crippen LogP contribution >= 0.6 is 0 Å². The fourth-order valence-corrected chi connectivity index (χ4v) is 10.9. The largest absolute Gasteiger partial charge is 0.350 e. The van der Waals surface area contributed by atoms with Crippen molar-refractivity contribution in [3.05, 3.63) is 0 Å². The van der Waals surface area contributed by atoms with Gasteiger partial charge in [-0.15, -0.1) is 0 Å². The number of sulfonamides is 1. The second kappa shape index (κ2) is 14.0. The zero-order chi connectivity index (χ0) is 31.7. The van der Waals surface area contributed by atoms with Gasteiger partial charge < -0.3 is 32.3 Å². The van der Waals surface area contributed by atoms with E-state index in [0.29, 0.717) is 52.0 Å². The molecule has 1 saturated carbocycles. The molecule has 7 unspecified atom stereocenters. The minimum Gasteiger partial charge on any atom is -0.350 e. The Kier molecular flexibility index (Phi) is 11.0. The van der Waals surface area contributed by atoms with Crippen LogP contribution in [0.25, 0.3) is 0 Å². The summed E-state index contributed by atoms with van der Waals surface area (Å²) >= 11 is 0. The number of nitrogens with two attached hydrogens (primary N) is 2. The standard InChI is InChI=1S/C31H59FN8O3S/c1-4-5-9-31-18-24(36-19-22(32)17-30(31,2)21-31)27(28(33)34)29(41)37-25-20-35-10-6-26(25)39-13-15-40(16-14-39)44(42,43)23-7-11-38(3)12-8-23/h22-28,35-36H,4-21,33-34H2,1-3H3,(H,37,41). The maximum Gasteiger partial charge on any atom is 0.227 e. The number of halogens is 1. The van der Waals surface area contributed by atoms with E-state index in [1.807, 2.05) is 7.05 Å². The number of piperidine rings is 2. The normalized spacial score (nSPS) is 37.6. The SMILES string of the molecule is CCCCC12CC(C(C(=O)NC3CNCCC3N3CCN(S(=O)(=O)C4CCN(C)CC4)CC3)C(N)N)NCC(F)CC1(C)C2. The highest BCUT2D eigenvalue weighted by molar-refractivity contribution is 7.89. The summed E-state index contributed by atoms with van der Waals surface area (Å²) in [6.45, 7) is 9.94. The summed E-state index contributed by atoms with van der Waals surface area (Å²) in [6.07, 6.45) is 5.93. The van der Waals surface area contributed by atoms with Gasteiger partial charge in [-0.1, -0.05) is 26.7 Å². The van der Waals surface area contributed by atoms with Crippen molar-refractivity contribution in [3.63, 3.8) is 0 Å². The molecule has 1 amide bonds. The number of hydrogen-bond acceptors (Lipinski definition) is 9. The zero-order valence-electron chi connectivity index (χ0n) is 27.3. The van der Waals surface area contributed by atoms with Crippen LogP contribution in [0.3, 0.4) is 0 Å². The highest BCUT2D eigenvalue weighted by atomic mass is 32.2. The number of likely N-dealkylation sites (tertiary alicyclic amines) is 1. The summed E-state index contributed by atoms with van der Waals surface area (Å²) in [4.78, 5) is 18.6. The van der Waals surface area contributed by atoms with Crippen LogP contribution in [0, 0.1) is 16.7 Å². The molecule has 0 aromatic heterocycles. The fourth-order valence-electron chi connectivity index (χ4n) is 9.02. The van der Waals surface area contributed by atoms with Crippen molar-refractivity contribution in [1.82, 2.24) is 30.1 Å². The summed E-state index contributed by atoms with van der Waals surface area (Å²) in [7, 11) is -1.28. The quantitative estimate of drug-likeness (QED) is 0.214. The number of hydrogen-bond donors (Lipinski definition) is 5. The van der Waals surface area contributed by atoms with Crippen molar-refractivity contribution in [3.8, 4) is 0 Å². The lowest BCUT2D eigenvalue weighted by Gasteiger charge is -2.45. The first-order chi connectivity index (χ1) is 20.9. The van der Waals surface area contributed by atoms with Crippen molar-refractivity contribution in [2.24, 2.45) is 28.2 Å². The molecule has 44 heavy (non-hydrogen) atoms. The highest BCUT2D eigenvalue weighted by Crippen LogP contribution is 2.71. The molecule has 5 aliphatic rings. The van der Waals surface area contributed by atoms with Crippen molar-refractivity contribution in [1.29, 1.82) is 0 Å².